The number of rotatable bonds is 4. The summed E-state index contributed by atoms with van der Waals surface area (Å²) in [7, 11) is 0. The molecule has 1 heterocycles. The summed E-state index contributed by atoms with van der Waals surface area (Å²) >= 11 is 3.52. The Morgan fingerprint density at radius 3 is 2.90 bits per heavy atom. The monoisotopic (exact) mass is 333 g/mol. The second-order valence-electron chi connectivity index (χ2n) is 4.84. The minimum Gasteiger partial charge on any atom is -0.454 e. The summed E-state index contributed by atoms with van der Waals surface area (Å²) < 4.78 is 12.0. The zero-order valence-electron chi connectivity index (χ0n) is 11.3. The molecule has 3 nitrogen and oxygen atoms in total. The van der Waals surface area contributed by atoms with E-state index in [1.54, 1.807) is 0 Å². The molecule has 0 saturated carbocycles. The Kier molecular flexibility index (Phi) is 3.94. The molecule has 104 valence electrons. The van der Waals surface area contributed by atoms with E-state index in [1.807, 2.05) is 12.1 Å². The van der Waals surface area contributed by atoms with Crippen LogP contribution >= 0.6 is 15.9 Å². The Morgan fingerprint density at radius 1 is 1.15 bits per heavy atom. The van der Waals surface area contributed by atoms with E-state index < -0.39 is 0 Å². The summed E-state index contributed by atoms with van der Waals surface area (Å²) in [6.07, 6.45) is 0. The van der Waals surface area contributed by atoms with Gasteiger partial charge in [0, 0.05) is 23.1 Å². The predicted octanol–water partition coefficient (Wildman–Crippen LogP) is 3.78. The molecule has 0 amide bonds. The lowest BCUT2D eigenvalue weighted by Crippen LogP contribution is -2.13. The normalized spacial score (nSPS) is 12.7. The predicted molar refractivity (Wildman–Crippen MR) is 82.0 cm³/mol. The van der Waals surface area contributed by atoms with E-state index in [-0.39, 0.29) is 0 Å². The van der Waals surface area contributed by atoms with Crippen molar-refractivity contribution in [2.75, 3.05) is 6.79 Å². The summed E-state index contributed by atoms with van der Waals surface area (Å²) in [6.45, 7) is 4.02. The summed E-state index contributed by atoms with van der Waals surface area (Å²) in [4.78, 5) is 0. The average molecular weight is 334 g/mol. The largest absolute Gasteiger partial charge is 0.454 e. The molecular weight excluding hydrogens is 318 g/mol. The van der Waals surface area contributed by atoms with E-state index in [9.17, 15) is 0 Å². The van der Waals surface area contributed by atoms with Crippen LogP contribution in [0.2, 0.25) is 0 Å². The van der Waals surface area contributed by atoms with Crippen LogP contribution in [0.4, 0.5) is 0 Å². The number of fused-ring (bicyclic) bond motifs is 1. The van der Waals surface area contributed by atoms with Crippen LogP contribution in [0.15, 0.2) is 40.9 Å². The van der Waals surface area contributed by atoms with Crippen molar-refractivity contribution in [1.29, 1.82) is 0 Å². The lowest BCUT2D eigenvalue weighted by molar-refractivity contribution is 0.173. The minimum atomic E-state index is 0.318. The standard InChI is InChI=1S/C16H16BrNO2/c1-11-7-12(5-6-14(11)17)8-18-9-13-3-2-4-15-16(13)20-10-19-15/h2-7,18H,8-10H2,1H3. The molecule has 2 aromatic carbocycles. The molecular formula is C16H16BrNO2. The fourth-order valence-corrected chi connectivity index (χ4v) is 2.53. The highest BCUT2D eigenvalue weighted by Gasteiger charge is 2.16. The van der Waals surface area contributed by atoms with E-state index in [1.165, 1.54) is 11.1 Å². The number of hydrogen-bond acceptors (Lipinski definition) is 3. The molecule has 4 heteroatoms. The zero-order chi connectivity index (χ0) is 13.9. The molecule has 0 aliphatic carbocycles. The van der Waals surface area contributed by atoms with Crippen LogP contribution in [0.1, 0.15) is 16.7 Å². The van der Waals surface area contributed by atoms with Gasteiger partial charge in [0.05, 0.1) is 0 Å². The Hall–Kier alpha value is -1.52. The SMILES string of the molecule is Cc1cc(CNCc2cccc3c2OCO3)ccc1Br. The lowest BCUT2D eigenvalue weighted by Gasteiger charge is -2.09. The number of halogens is 1. The highest BCUT2D eigenvalue weighted by Crippen LogP contribution is 2.35. The van der Waals surface area contributed by atoms with Crippen LogP contribution in [-0.2, 0) is 13.1 Å². The highest BCUT2D eigenvalue weighted by molar-refractivity contribution is 9.10. The van der Waals surface area contributed by atoms with Gasteiger partial charge in [-0.3, -0.25) is 0 Å². The third kappa shape index (κ3) is 2.81. The Bertz CT molecular complexity index is 628. The van der Waals surface area contributed by atoms with Gasteiger partial charge in [-0.05, 0) is 30.2 Å². The van der Waals surface area contributed by atoms with Crippen molar-refractivity contribution >= 4 is 15.9 Å². The molecule has 0 unspecified atom stereocenters. The van der Waals surface area contributed by atoms with Crippen molar-refractivity contribution in [2.24, 2.45) is 0 Å². The van der Waals surface area contributed by atoms with Gasteiger partial charge in [-0.25, -0.2) is 0 Å². The molecule has 20 heavy (non-hydrogen) atoms. The van der Waals surface area contributed by atoms with Crippen molar-refractivity contribution in [3.63, 3.8) is 0 Å². The van der Waals surface area contributed by atoms with Gasteiger partial charge in [-0.15, -0.1) is 0 Å². The van der Waals surface area contributed by atoms with E-state index in [4.69, 9.17) is 9.47 Å². The van der Waals surface area contributed by atoms with Crippen molar-refractivity contribution < 1.29 is 9.47 Å². The topological polar surface area (TPSA) is 30.5 Å². The molecule has 0 aromatic heterocycles. The fraction of sp³-hybridized carbons (Fsp3) is 0.250. The first-order chi connectivity index (χ1) is 9.74. The van der Waals surface area contributed by atoms with Gasteiger partial charge in [-0.1, -0.05) is 40.2 Å². The number of aryl methyl sites for hydroxylation is 1. The molecule has 0 spiro atoms. The fourth-order valence-electron chi connectivity index (χ4n) is 2.29. The molecule has 1 N–H and O–H groups in total. The first kappa shape index (κ1) is 13.5. The van der Waals surface area contributed by atoms with Crippen LogP contribution in [0, 0.1) is 6.92 Å². The van der Waals surface area contributed by atoms with Gasteiger partial charge in [0.25, 0.3) is 0 Å². The quantitative estimate of drug-likeness (QED) is 0.923. The van der Waals surface area contributed by atoms with Gasteiger partial charge in [0.2, 0.25) is 6.79 Å². The van der Waals surface area contributed by atoms with Crippen LogP contribution in [0.5, 0.6) is 11.5 Å². The first-order valence-electron chi connectivity index (χ1n) is 6.57. The van der Waals surface area contributed by atoms with Gasteiger partial charge in [-0.2, -0.15) is 0 Å². The zero-order valence-corrected chi connectivity index (χ0v) is 12.9. The number of hydrogen-bond donors (Lipinski definition) is 1. The molecule has 0 atom stereocenters. The van der Waals surface area contributed by atoms with Crippen LogP contribution in [-0.4, -0.2) is 6.79 Å². The summed E-state index contributed by atoms with van der Waals surface area (Å²) in [6, 6.07) is 12.4. The average Bonchev–Trinajstić information content (AvgIpc) is 2.92. The molecule has 0 radical (unpaired) electrons. The number of benzene rings is 2. The van der Waals surface area contributed by atoms with Crippen molar-refractivity contribution in [3.8, 4) is 11.5 Å². The maximum Gasteiger partial charge on any atom is 0.231 e. The maximum atomic E-state index is 5.50. The van der Waals surface area contributed by atoms with Crippen LogP contribution in [0.3, 0.4) is 0 Å². The second-order valence-corrected chi connectivity index (χ2v) is 5.69. The lowest BCUT2D eigenvalue weighted by atomic mass is 10.1. The Balaban J connectivity index is 1.63. The molecule has 0 bridgehead atoms. The highest BCUT2D eigenvalue weighted by atomic mass is 79.9. The van der Waals surface area contributed by atoms with Crippen molar-refractivity contribution in [3.05, 3.63) is 57.6 Å². The molecule has 0 saturated heterocycles. The molecule has 2 aromatic rings. The van der Waals surface area contributed by atoms with E-state index in [2.05, 4.69) is 52.4 Å². The van der Waals surface area contributed by atoms with Crippen molar-refractivity contribution in [2.45, 2.75) is 20.0 Å². The van der Waals surface area contributed by atoms with E-state index in [0.29, 0.717) is 6.79 Å². The smallest absolute Gasteiger partial charge is 0.231 e. The first-order valence-corrected chi connectivity index (χ1v) is 7.36. The second kappa shape index (κ2) is 5.85. The van der Waals surface area contributed by atoms with Crippen LogP contribution < -0.4 is 14.8 Å². The number of para-hydroxylation sites is 1. The molecule has 1 aliphatic heterocycles. The minimum absolute atomic E-state index is 0.318. The number of ether oxygens (including phenoxy) is 2. The van der Waals surface area contributed by atoms with Gasteiger partial charge < -0.3 is 14.8 Å². The maximum absolute atomic E-state index is 5.50. The Labute approximate surface area is 127 Å². The van der Waals surface area contributed by atoms with E-state index >= 15 is 0 Å². The summed E-state index contributed by atoms with van der Waals surface area (Å²) in [5, 5.41) is 3.44. The van der Waals surface area contributed by atoms with Gasteiger partial charge in [0.15, 0.2) is 11.5 Å². The summed E-state index contributed by atoms with van der Waals surface area (Å²) in [5.74, 6) is 1.70. The van der Waals surface area contributed by atoms with E-state index in [0.717, 1.165) is 34.6 Å². The molecule has 3 rings (SSSR count). The van der Waals surface area contributed by atoms with Crippen LogP contribution in [0.25, 0.3) is 0 Å². The molecule has 1 aliphatic rings. The Morgan fingerprint density at radius 2 is 2.05 bits per heavy atom. The van der Waals surface area contributed by atoms with Gasteiger partial charge in [0.1, 0.15) is 0 Å². The third-order valence-electron chi connectivity index (χ3n) is 3.35. The van der Waals surface area contributed by atoms with Crippen molar-refractivity contribution in [1.82, 2.24) is 5.32 Å². The summed E-state index contributed by atoms with van der Waals surface area (Å²) in [5.41, 5.74) is 3.66. The third-order valence-corrected chi connectivity index (χ3v) is 4.23. The molecule has 0 fully saturated rings. The van der Waals surface area contributed by atoms with Gasteiger partial charge >= 0.3 is 0 Å². The number of nitrogens with one attached hydrogen (secondary N) is 1.